The van der Waals surface area contributed by atoms with Gasteiger partial charge in [-0.2, -0.15) is 0 Å². The Bertz CT molecular complexity index is 1100. The Balaban J connectivity index is 1.37. The van der Waals surface area contributed by atoms with Crippen LogP contribution in [0.2, 0.25) is 0 Å². The summed E-state index contributed by atoms with van der Waals surface area (Å²) < 4.78 is 0. The van der Waals surface area contributed by atoms with Gasteiger partial charge >= 0.3 is 0 Å². The second kappa shape index (κ2) is 8.52. The van der Waals surface area contributed by atoms with Crippen LogP contribution >= 0.6 is 0 Å². The van der Waals surface area contributed by atoms with E-state index in [0.717, 1.165) is 48.9 Å². The summed E-state index contributed by atoms with van der Waals surface area (Å²) in [6, 6.07) is 7.76. The summed E-state index contributed by atoms with van der Waals surface area (Å²) in [5.41, 5.74) is 3.35. The molecular weight excluding hydrogens is 404 g/mol. The highest BCUT2D eigenvalue weighted by Crippen LogP contribution is 2.33. The number of hydrogen-bond acceptors (Lipinski definition) is 4. The summed E-state index contributed by atoms with van der Waals surface area (Å²) in [6.07, 6.45) is 5.64. The number of rotatable bonds is 4. The third kappa shape index (κ3) is 4.08. The zero-order valence-corrected chi connectivity index (χ0v) is 18.6. The molecule has 3 heterocycles. The van der Waals surface area contributed by atoms with Gasteiger partial charge in [0.25, 0.3) is 5.56 Å². The van der Waals surface area contributed by atoms with E-state index in [1.807, 2.05) is 36.1 Å². The minimum Gasteiger partial charge on any atom is -0.337 e. The number of aromatic amines is 1. The van der Waals surface area contributed by atoms with E-state index in [1.54, 1.807) is 4.90 Å². The Morgan fingerprint density at radius 3 is 2.72 bits per heavy atom. The first-order valence-electron chi connectivity index (χ1n) is 11.8. The van der Waals surface area contributed by atoms with Crippen LogP contribution in [0.15, 0.2) is 29.1 Å². The van der Waals surface area contributed by atoms with Gasteiger partial charge < -0.3 is 14.8 Å². The van der Waals surface area contributed by atoms with Gasteiger partial charge in [-0.3, -0.25) is 14.4 Å². The molecule has 1 saturated heterocycles. The van der Waals surface area contributed by atoms with E-state index in [0.29, 0.717) is 43.9 Å². The molecule has 7 nitrogen and oxygen atoms in total. The molecule has 1 aromatic carbocycles. The first-order valence-corrected chi connectivity index (χ1v) is 11.8. The van der Waals surface area contributed by atoms with Gasteiger partial charge in [0.2, 0.25) is 11.8 Å². The normalized spacial score (nSPS) is 20.7. The Kier molecular flexibility index (Phi) is 5.57. The summed E-state index contributed by atoms with van der Waals surface area (Å²) in [7, 11) is 0. The van der Waals surface area contributed by atoms with Crippen LogP contribution in [0, 0.1) is 12.8 Å². The van der Waals surface area contributed by atoms with Gasteiger partial charge in [-0.25, -0.2) is 4.98 Å². The number of likely N-dealkylation sites (tertiary alicyclic amines) is 1. The number of nitrogens with one attached hydrogen (secondary N) is 1. The first kappa shape index (κ1) is 20.9. The van der Waals surface area contributed by atoms with Crippen molar-refractivity contribution < 1.29 is 9.59 Å². The van der Waals surface area contributed by atoms with Crippen LogP contribution in [0.25, 0.3) is 0 Å². The van der Waals surface area contributed by atoms with Gasteiger partial charge in [0, 0.05) is 25.4 Å². The van der Waals surface area contributed by atoms with Crippen LogP contribution < -0.4 is 5.56 Å². The number of benzene rings is 1. The molecule has 7 heteroatoms. The van der Waals surface area contributed by atoms with Gasteiger partial charge in [-0.05, 0) is 50.2 Å². The molecule has 1 aliphatic carbocycles. The van der Waals surface area contributed by atoms with Gasteiger partial charge in [-0.1, -0.05) is 24.3 Å². The molecule has 2 aromatic rings. The van der Waals surface area contributed by atoms with Crippen LogP contribution in [-0.4, -0.2) is 44.7 Å². The zero-order chi connectivity index (χ0) is 22.2. The van der Waals surface area contributed by atoms with E-state index in [-0.39, 0.29) is 29.3 Å². The molecule has 1 saturated carbocycles. The molecule has 32 heavy (non-hydrogen) atoms. The maximum absolute atomic E-state index is 13.2. The van der Waals surface area contributed by atoms with Crippen LogP contribution in [0.5, 0.6) is 0 Å². The topological polar surface area (TPSA) is 86.4 Å². The lowest BCUT2D eigenvalue weighted by Crippen LogP contribution is -2.43. The number of fused-ring (bicyclic) bond motifs is 1. The largest absolute Gasteiger partial charge is 0.337 e. The smallest absolute Gasteiger partial charge is 0.256 e. The van der Waals surface area contributed by atoms with Crippen molar-refractivity contribution in [2.45, 2.75) is 64.5 Å². The molecule has 2 aliphatic heterocycles. The van der Waals surface area contributed by atoms with Crippen LogP contribution in [0.4, 0.5) is 0 Å². The fraction of sp³-hybridized carbons (Fsp3) is 0.520. The van der Waals surface area contributed by atoms with Crippen LogP contribution in [-0.2, 0) is 29.0 Å². The molecule has 168 valence electrons. The van der Waals surface area contributed by atoms with Crippen molar-refractivity contribution >= 4 is 11.8 Å². The Morgan fingerprint density at radius 2 is 1.94 bits per heavy atom. The fourth-order valence-electron chi connectivity index (χ4n) is 4.97. The molecule has 0 spiro atoms. The lowest BCUT2D eigenvalue weighted by Gasteiger charge is -2.36. The maximum atomic E-state index is 13.2. The molecule has 2 amide bonds. The third-order valence-corrected chi connectivity index (χ3v) is 7.07. The summed E-state index contributed by atoms with van der Waals surface area (Å²) >= 11 is 0. The molecule has 0 radical (unpaired) electrons. The highest BCUT2D eigenvalue weighted by Gasteiger charge is 2.36. The third-order valence-electron chi connectivity index (χ3n) is 7.07. The molecule has 0 bridgehead atoms. The minimum atomic E-state index is -0.204. The summed E-state index contributed by atoms with van der Waals surface area (Å²) in [4.78, 5) is 50.1. The van der Waals surface area contributed by atoms with Gasteiger partial charge in [0.15, 0.2) is 0 Å². The van der Waals surface area contributed by atoms with E-state index < -0.39 is 0 Å². The molecule has 3 aliphatic rings. The van der Waals surface area contributed by atoms with Crippen molar-refractivity contribution in [1.82, 2.24) is 19.8 Å². The highest BCUT2D eigenvalue weighted by molar-refractivity contribution is 5.81. The minimum absolute atomic E-state index is 0.0746. The predicted octanol–water partition coefficient (Wildman–Crippen LogP) is 2.67. The number of hydrogen-bond donors (Lipinski definition) is 1. The van der Waals surface area contributed by atoms with Gasteiger partial charge in [0.1, 0.15) is 5.82 Å². The Hall–Kier alpha value is -2.96. The number of nitrogens with zero attached hydrogens (tertiary/aromatic N) is 3. The van der Waals surface area contributed by atoms with E-state index in [1.165, 1.54) is 0 Å². The SMILES string of the molecule is Cc1ccccc1CC(=O)N1CCCC[C@@H]1c1nc2c(c(=O)[nH]1)CN(C(=O)C1CC1)CC2. The van der Waals surface area contributed by atoms with E-state index in [9.17, 15) is 14.4 Å². The predicted molar refractivity (Wildman–Crippen MR) is 120 cm³/mol. The standard InChI is InChI=1S/C25H30N4O3/c1-16-6-2-3-7-18(16)14-22(30)29-12-5-4-8-21(29)23-26-20-11-13-28(25(32)17-9-10-17)15-19(20)24(31)27-23/h2-3,6-7,17,21H,4-5,8-15H2,1H3,(H,26,27,31)/t21-/m1/s1. The van der Waals surface area contributed by atoms with Crippen LogP contribution in [0.1, 0.15) is 66.4 Å². The van der Waals surface area contributed by atoms with Crippen LogP contribution in [0.3, 0.4) is 0 Å². The van der Waals surface area contributed by atoms with Gasteiger partial charge in [0.05, 0.1) is 30.3 Å². The number of carbonyl (C=O) groups excluding carboxylic acids is 2. The monoisotopic (exact) mass is 434 g/mol. The average molecular weight is 435 g/mol. The number of H-pyrrole nitrogens is 1. The lowest BCUT2D eigenvalue weighted by atomic mass is 9.98. The molecule has 1 atom stereocenters. The van der Waals surface area contributed by atoms with Crippen molar-refractivity contribution in [3.63, 3.8) is 0 Å². The number of carbonyl (C=O) groups is 2. The van der Waals surface area contributed by atoms with E-state index >= 15 is 0 Å². The lowest BCUT2D eigenvalue weighted by molar-refractivity contribution is -0.135. The molecule has 2 fully saturated rings. The van der Waals surface area contributed by atoms with Crippen molar-refractivity contribution in [1.29, 1.82) is 0 Å². The number of amides is 2. The number of piperidine rings is 1. The molecule has 1 N–H and O–H groups in total. The number of aromatic nitrogens is 2. The molecule has 1 aromatic heterocycles. The second-order valence-corrected chi connectivity index (χ2v) is 9.36. The summed E-state index contributed by atoms with van der Waals surface area (Å²) in [5.74, 6) is 0.983. The van der Waals surface area contributed by atoms with E-state index in [2.05, 4.69) is 4.98 Å². The van der Waals surface area contributed by atoms with Crippen molar-refractivity contribution in [2.75, 3.05) is 13.1 Å². The Labute approximate surface area is 187 Å². The fourth-order valence-corrected chi connectivity index (χ4v) is 4.97. The molecular formula is C25H30N4O3. The first-order chi connectivity index (χ1) is 15.5. The van der Waals surface area contributed by atoms with Crippen molar-refractivity contribution in [2.24, 2.45) is 5.92 Å². The average Bonchev–Trinajstić information content (AvgIpc) is 3.65. The highest BCUT2D eigenvalue weighted by atomic mass is 16.2. The maximum Gasteiger partial charge on any atom is 0.256 e. The summed E-state index contributed by atoms with van der Waals surface area (Å²) in [5, 5.41) is 0. The van der Waals surface area contributed by atoms with Gasteiger partial charge in [-0.15, -0.1) is 0 Å². The molecule has 0 unspecified atom stereocenters. The quantitative estimate of drug-likeness (QED) is 0.802. The number of aryl methyl sites for hydroxylation is 1. The summed E-state index contributed by atoms with van der Waals surface area (Å²) in [6.45, 7) is 3.66. The van der Waals surface area contributed by atoms with Crippen molar-refractivity contribution in [3.8, 4) is 0 Å². The van der Waals surface area contributed by atoms with E-state index in [4.69, 9.17) is 4.98 Å². The molecule has 5 rings (SSSR count). The second-order valence-electron chi connectivity index (χ2n) is 9.36. The van der Waals surface area contributed by atoms with Crippen molar-refractivity contribution in [3.05, 3.63) is 62.8 Å². The Morgan fingerprint density at radius 1 is 1.12 bits per heavy atom. The zero-order valence-electron chi connectivity index (χ0n) is 18.6.